The normalized spacial score (nSPS) is 21.0. The van der Waals surface area contributed by atoms with Crippen molar-refractivity contribution in [2.45, 2.75) is 25.7 Å². The summed E-state index contributed by atoms with van der Waals surface area (Å²) in [5.74, 6) is 0. The lowest BCUT2D eigenvalue weighted by molar-refractivity contribution is 0.702. The zero-order valence-corrected chi connectivity index (χ0v) is 5.45. The topological polar surface area (TPSA) is 47.0 Å². The zero-order chi connectivity index (χ0) is 4.95. The summed E-state index contributed by atoms with van der Waals surface area (Å²) < 4.78 is 0. The second-order valence-electron chi connectivity index (χ2n) is 2.16. The van der Waals surface area contributed by atoms with E-state index >= 15 is 0 Å². The van der Waals surface area contributed by atoms with Crippen LogP contribution in [0, 0.1) is 0 Å². The molecule has 1 rings (SSSR count). The number of hydrogen-bond donors (Lipinski definition) is 2. The first-order valence-electron chi connectivity index (χ1n) is 3.21. The highest BCUT2D eigenvalue weighted by molar-refractivity contribution is 4.54. The van der Waals surface area contributed by atoms with E-state index in [2.05, 4.69) is 5.32 Å². The lowest BCUT2D eigenvalue weighted by Gasteiger charge is -1.91. The maximum atomic E-state index is 3.35. The highest BCUT2D eigenvalue weighted by Crippen LogP contribution is 2.00. The summed E-state index contributed by atoms with van der Waals surface area (Å²) in [6.07, 6.45) is 5.65. The van der Waals surface area contributed by atoms with Gasteiger partial charge in [0.15, 0.2) is 0 Å². The third kappa shape index (κ3) is 2.99. The van der Waals surface area contributed by atoms with Gasteiger partial charge in [-0.2, -0.15) is 0 Å². The molecule has 1 heterocycles. The average Bonchev–Trinajstić information content (AvgIpc) is 1.90. The van der Waals surface area contributed by atoms with Crippen LogP contribution in [0.15, 0.2) is 0 Å². The molecular weight excluding hydrogens is 100 g/mol. The molecule has 2 nitrogen and oxygen atoms in total. The van der Waals surface area contributed by atoms with E-state index in [1.54, 1.807) is 0 Å². The van der Waals surface area contributed by atoms with Crippen LogP contribution in [0.5, 0.6) is 0 Å². The molecule has 2 heteroatoms. The van der Waals surface area contributed by atoms with E-state index in [-0.39, 0.29) is 6.15 Å². The number of nitrogens with one attached hydrogen (secondary N) is 1. The Morgan fingerprint density at radius 1 is 0.750 bits per heavy atom. The number of hydrogen-bond acceptors (Lipinski definition) is 2. The molecule has 0 aliphatic carbocycles. The molecule has 0 radical (unpaired) electrons. The lowest BCUT2D eigenvalue weighted by Crippen LogP contribution is -2.12. The predicted molar refractivity (Wildman–Crippen MR) is 36.4 cm³/mol. The number of rotatable bonds is 0. The summed E-state index contributed by atoms with van der Waals surface area (Å²) >= 11 is 0. The van der Waals surface area contributed by atoms with Gasteiger partial charge in [0.2, 0.25) is 0 Å². The molecule has 50 valence electrons. The Kier molecular flexibility index (Phi) is 5.01. The second-order valence-corrected chi connectivity index (χ2v) is 2.16. The highest BCUT2D eigenvalue weighted by atomic mass is 14.8. The quantitative estimate of drug-likeness (QED) is 0.501. The molecule has 1 saturated heterocycles. The Bertz CT molecular complexity index is 26.1. The van der Waals surface area contributed by atoms with Crippen molar-refractivity contribution in [3.05, 3.63) is 0 Å². The summed E-state index contributed by atoms with van der Waals surface area (Å²) in [6, 6.07) is 0. The molecule has 0 amide bonds. The van der Waals surface area contributed by atoms with Crippen molar-refractivity contribution in [2.24, 2.45) is 0 Å². The van der Waals surface area contributed by atoms with Gasteiger partial charge in [-0.05, 0) is 25.9 Å². The van der Waals surface area contributed by atoms with Gasteiger partial charge in [0.05, 0.1) is 0 Å². The second kappa shape index (κ2) is 5.06. The van der Waals surface area contributed by atoms with Crippen molar-refractivity contribution in [2.75, 3.05) is 13.1 Å². The van der Waals surface area contributed by atoms with E-state index in [1.165, 1.54) is 38.8 Å². The van der Waals surface area contributed by atoms with Crippen LogP contribution in [0.2, 0.25) is 0 Å². The Hall–Kier alpha value is -0.0800. The molecule has 0 aromatic heterocycles. The molecule has 0 aromatic carbocycles. The van der Waals surface area contributed by atoms with Gasteiger partial charge < -0.3 is 11.5 Å². The molecule has 0 atom stereocenters. The van der Waals surface area contributed by atoms with E-state index in [0.29, 0.717) is 0 Å². The third-order valence-corrected chi connectivity index (χ3v) is 1.46. The van der Waals surface area contributed by atoms with Gasteiger partial charge in [-0.3, -0.25) is 0 Å². The van der Waals surface area contributed by atoms with Gasteiger partial charge in [-0.15, -0.1) is 0 Å². The van der Waals surface area contributed by atoms with E-state index in [1.807, 2.05) is 0 Å². The minimum Gasteiger partial charge on any atom is -0.344 e. The van der Waals surface area contributed by atoms with Gasteiger partial charge in [-0.25, -0.2) is 0 Å². The molecular formula is C6H16N2. The Morgan fingerprint density at radius 3 is 1.75 bits per heavy atom. The molecule has 1 aliphatic heterocycles. The standard InChI is InChI=1S/C6H13N.H3N/c1-2-4-6-7-5-3-1;/h7H,1-6H2;1H3. The smallest absolute Gasteiger partial charge is 0.00489 e. The predicted octanol–water partition coefficient (Wildman–Crippen LogP) is 1.31. The molecule has 1 aliphatic rings. The third-order valence-electron chi connectivity index (χ3n) is 1.46. The fourth-order valence-electron chi connectivity index (χ4n) is 0.979. The van der Waals surface area contributed by atoms with Gasteiger partial charge in [0, 0.05) is 0 Å². The van der Waals surface area contributed by atoms with E-state index in [9.17, 15) is 0 Å². The molecule has 4 N–H and O–H groups in total. The van der Waals surface area contributed by atoms with E-state index in [4.69, 9.17) is 0 Å². The molecule has 0 aromatic rings. The van der Waals surface area contributed by atoms with Crippen molar-refractivity contribution in [1.82, 2.24) is 11.5 Å². The Morgan fingerprint density at radius 2 is 1.25 bits per heavy atom. The van der Waals surface area contributed by atoms with Crippen molar-refractivity contribution in [3.8, 4) is 0 Å². The Balaban J connectivity index is 0.000000490. The zero-order valence-electron chi connectivity index (χ0n) is 5.45. The monoisotopic (exact) mass is 116 g/mol. The summed E-state index contributed by atoms with van der Waals surface area (Å²) in [5.41, 5.74) is 0. The van der Waals surface area contributed by atoms with Gasteiger partial charge in [-0.1, -0.05) is 12.8 Å². The SMILES string of the molecule is C1CCCNCC1.N. The molecule has 0 spiro atoms. The van der Waals surface area contributed by atoms with E-state index < -0.39 is 0 Å². The minimum absolute atomic E-state index is 0. The summed E-state index contributed by atoms with van der Waals surface area (Å²) in [6.45, 7) is 2.50. The average molecular weight is 116 g/mol. The van der Waals surface area contributed by atoms with Crippen LogP contribution in [0.1, 0.15) is 25.7 Å². The maximum absolute atomic E-state index is 3.35. The highest BCUT2D eigenvalue weighted by Gasteiger charge is 1.94. The van der Waals surface area contributed by atoms with Crippen LogP contribution in [-0.4, -0.2) is 13.1 Å². The van der Waals surface area contributed by atoms with Gasteiger partial charge in [0.1, 0.15) is 0 Å². The Labute approximate surface area is 51.2 Å². The molecule has 8 heavy (non-hydrogen) atoms. The van der Waals surface area contributed by atoms with Crippen LogP contribution >= 0.6 is 0 Å². The first-order valence-corrected chi connectivity index (χ1v) is 3.21. The van der Waals surface area contributed by atoms with Crippen molar-refractivity contribution < 1.29 is 0 Å². The maximum Gasteiger partial charge on any atom is -0.00489 e. The summed E-state index contributed by atoms with van der Waals surface area (Å²) in [4.78, 5) is 0. The molecule has 0 unspecified atom stereocenters. The molecule has 0 saturated carbocycles. The molecule has 0 bridgehead atoms. The van der Waals surface area contributed by atoms with Crippen LogP contribution in [0.4, 0.5) is 0 Å². The van der Waals surface area contributed by atoms with Crippen LogP contribution in [0.3, 0.4) is 0 Å². The van der Waals surface area contributed by atoms with Gasteiger partial charge >= 0.3 is 0 Å². The fourth-order valence-corrected chi connectivity index (χ4v) is 0.979. The van der Waals surface area contributed by atoms with Crippen LogP contribution in [0.25, 0.3) is 0 Å². The summed E-state index contributed by atoms with van der Waals surface area (Å²) in [7, 11) is 0. The fraction of sp³-hybridized carbons (Fsp3) is 1.00. The lowest BCUT2D eigenvalue weighted by atomic mass is 10.2. The van der Waals surface area contributed by atoms with Crippen molar-refractivity contribution in [3.63, 3.8) is 0 Å². The van der Waals surface area contributed by atoms with Crippen LogP contribution < -0.4 is 11.5 Å². The van der Waals surface area contributed by atoms with Crippen molar-refractivity contribution in [1.29, 1.82) is 0 Å². The minimum atomic E-state index is 0. The van der Waals surface area contributed by atoms with Gasteiger partial charge in [0.25, 0.3) is 0 Å². The first-order chi connectivity index (χ1) is 3.50. The van der Waals surface area contributed by atoms with Crippen LogP contribution in [-0.2, 0) is 0 Å². The first kappa shape index (κ1) is 7.92. The van der Waals surface area contributed by atoms with Crippen molar-refractivity contribution >= 4 is 0 Å². The largest absolute Gasteiger partial charge is 0.344 e. The van der Waals surface area contributed by atoms with E-state index in [0.717, 1.165) is 0 Å². The summed E-state index contributed by atoms with van der Waals surface area (Å²) in [5, 5.41) is 3.35. The molecule has 1 fully saturated rings.